The second kappa shape index (κ2) is 11.0. The first-order valence-electron chi connectivity index (χ1n) is 12.5. The predicted octanol–water partition coefficient (Wildman–Crippen LogP) is 1.59. The molecule has 2 aliphatic rings. The zero-order valence-corrected chi connectivity index (χ0v) is 20.0. The molecule has 34 heavy (non-hydrogen) atoms. The van der Waals surface area contributed by atoms with Crippen LogP contribution >= 0.6 is 0 Å². The molecule has 0 aromatic carbocycles. The van der Waals surface area contributed by atoms with Crippen molar-refractivity contribution in [1.29, 1.82) is 0 Å². The second-order valence-electron chi connectivity index (χ2n) is 9.42. The molecule has 1 fully saturated rings. The third kappa shape index (κ3) is 5.74. The van der Waals surface area contributed by atoms with E-state index < -0.39 is 5.54 Å². The van der Waals surface area contributed by atoms with Gasteiger partial charge in [0.1, 0.15) is 11.4 Å². The Kier molecular flexibility index (Phi) is 7.79. The van der Waals surface area contributed by atoms with Gasteiger partial charge < -0.3 is 15.2 Å². The molecule has 0 bridgehead atoms. The van der Waals surface area contributed by atoms with Gasteiger partial charge in [-0.1, -0.05) is 30.8 Å². The molecule has 0 unspecified atom stereocenters. The van der Waals surface area contributed by atoms with E-state index in [1.807, 2.05) is 0 Å². The molecule has 11 nitrogen and oxygen atoms in total. The molecule has 1 aliphatic carbocycles. The Bertz CT molecular complexity index is 1050. The second-order valence-corrected chi connectivity index (χ2v) is 9.42. The van der Waals surface area contributed by atoms with Crippen molar-refractivity contribution in [2.24, 2.45) is 0 Å². The van der Waals surface area contributed by atoms with E-state index in [0.717, 1.165) is 70.2 Å². The summed E-state index contributed by atoms with van der Waals surface area (Å²) in [6, 6.07) is 0. The van der Waals surface area contributed by atoms with E-state index in [4.69, 9.17) is 4.52 Å². The first-order chi connectivity index (χ1) is 16.5. The Morgan fingerprint density at radius 1 is 1.12 bits per heavy atom. The molecular formula is C23H35N7O4. The number of hydrogen-bond donors (Lipinski definition) is 2. The molecule has 0 atom stereocenters. The molecular weight excluding hydrogens is 438 g/mol. The zero-order valence-electron chi connectivity index (χ0n) is 20.0. The summed E-state index contributed by atoms with van der Waals surface area (Å²) in [4.78, 5) is 41.0. The Labute approximate surface area is 198 Å². The highest BCUT2D eigenvalue weighted by molar-refractivity contribution is 5.76. The fourth-order valence-electron chi connectivity index (χ4n) is 4.98. The molecule has 2 N–H and O–H groups in total. The maximum Gasteiger partial charge on any atom is 0.345 e. The molecule has 0 spiro atoms. The van der Waals surface area contributed by atoms with Crippen LogP contribution in [0, 0.1) is 0 Å². The van der Waals surface area contributed by atoms with E-state index in [2.05, 4.69) is 25.9 Å². The largest absolute Gasteiger partial charge is 0.356 e. The molecule has 1 saturated carbocycles. The van der Waals surface area contributed by atoms with Crippen LogP contribution in [0.25, 0.3) is 0 Å². The van der Waals surface area contributed by atoms with Gasteiger partial charge in [-0.2, -0.15) is 10.1 Å². The number of amides is 2. The summed E-state index contributed by atoms with van der Waals surface area (Å²) in [6.45, 7) is 3.20. The van der Waals surface area contributed by atoms with Gasteiger partial charge in [0.05, 0.1) is 0 Å². The number of hydrogen-bond acceptors (Lipinski definition) is 7. The van der Waals surface area contributed by atoms with Crippen LogP contribution in [-0.2, 0) is 41.1 Å². The standard InChI is InChI=1S/C23H35N7O4/c1-17(31)26-23(12-5-2-3-6-13-23)21-25-20(34-28-21)11-10-19(32)24-14-8-16-30-22(33)29-15-7-4-9-18(29)27-30/h2-16H2,1H3,(H,24,32)(H,26,31). The van der Waals surface area contributed by atoms with Crippen molar-refractivity contribution in [3.8, 4) is 0 Å². The number of aromatic nitrogens is 5. The minimum Gasteiger partial charge on any atom is -0.356 e. The minimum atomic E-state index is -0.587. The minimum absolute atomic E-state index is 0.0565. The van der Waals surface area contributed by atoms with E-state index in [1.165, 1.54) is 11.6 Å². The van der Waals surface area contributed by atoms with E-state index in [9.17, 15) is 14.4 Å². The van der Waals surface area contributed by atoms with Gasteiger partial charge in [0, 0.05) is 45.8 Å². The molecule has 186 valence electrons. The van der Waals surface area contributed by atoms with Crippen LogP contribution in [-0.4, -0.2) is 42.8 Å². The summed E-state index contributed by atoms with van der Waals surface area (Å²) in [6.07, 6.45) is 9.97. The monoisotopic (exact) mass is 473 g/mol. The number of carbonyl (C=O) groups is 2. The Balaban J connectivity index is 1.23. The molecule has 4 rings (SSSR count). The highest BCUT2D eigenvalue weighted by Crippen LogP contribution is 2.34. The highest BCUT2D eigenvalue weighted by Gasteiger charge is 2.38. The first kappa shape index (κ1) is 24.2. The lowest BCUT2D eigenvalue weighted by Gasteiger charge is -2.30. The average Bonchev–Trinajstić information content (AvgIpc) is 3.34. The molecule has 2 aromatic rings. The van der Waals surface area contributed by atoms with Crippen molar-refractivity contribution in [2.45, 2.75) is 103 Å². The molecule has 0 radical (unpaired) electrons. The number of rotatable bonds is 9. The number of fused-ring (bicyclic) bond motifs is 1. The first-order valence-corrected chi connectivity index (χ1v) is 12.5. The molecule has 3 heterocycles. The van der Waals surface area contributed by atoms with Crippen LogP contribution in [0.5, 0.6) is 0 Å². The summed E-state index contributed by atoms with van der Waals surface area (Å²) >= 11 is 0. The highest BCUT2D eigenvalue weighted by atomic mass is 16.5. The fraction of sp³-hybridized carbons (Fsp3) is 0.739. The van der Waals surface area contributed by atoms with Crippen LogP contribution in [0.3, 0.4) is 0 Å². The lowest BCUT2D eigenvalue weighted by atomic mass is 9.89. The van der Waals surface area contributed by atoms with Crippen molar-refractivity contribution in [2.75, 3.05) is 6.54 Å². The summed E-state index contributed by atoms with van der Waals surface area (Å²) in [5, 5.41) is 14.5. The topological polar surface area (TPSA) is 137 Å². The SMILES string of the molecule is CC(=O)NC1(c2noc(CCC(=O)NCCCn3nc4n(c3=O)CCCC4)n2)CCCCCC1. The van der Waals surface area contributed by atoms with Crippen LogP contribution in [0.15, 0.2) is 9.32 Å². The van der Waals surface area contributed by atoms with Crippen molar-refractivity contribution in [3.63, 3.8) is 0 Å². The van der Waals surface area contributed by atoms with E-state index in [1.54, 1.807) is 4.57 Å². The Hall–Kier alpha value is -2.98. The molecule has 0 saturated heterocycles. The quantitative estimate of drug-likeness (QED) is 0.417. The zero-order chi connectivity index (χ0) is 24.0. The van der Waals surface area contributed by atoms with Gasteiger partial charge in [-0.3, -0.25) is 14.2 Å². The van der Waals surface area contributed by atoms with Gasteiger partial charge in [-0.25, -0.2) is 9.48 Å². The Morgan fingerprint density at radius 2 is 1.91 bits per heavy atom. The number of nitrogens with zero attached hydrogens (tertiary/aromatic N) is 5. The van der Waals surface area contributed by atoms with Crippen LogP contribution in [0.4, 0.5) is 0 Å². The van der Waals surface area contributed by atoms with Gasteiger partial charge in [-0.15, -0.1) is 0 Å². The van der Waals surface area contributed by atoms with Crippen molar-refractivity contribution in [1.82, 2.24) is 35.1 Å². The van der Waals surface area contributed by atoms with Crippen molar-refractivity contribution >= 4 is 11.8 Å². The smallest absolute Gasteiger partial charge is 0.345 e. The average molecular weight is 474 g/mol. The Morgan fingerprint density at radius 3 is 2.65 bits per heavy atom. The van der Waals surface area contributed by atoms with Gasteiger partial charge in [0.25, 0.3) is 0 Å². The lowest BCUT2D eigenvalue weighted by molar-refractivity contribution is -0.122. The van der Waals surface area contributed by atoms with E-state index in [0.29, 0.717) is 37.6 Å². The lowest BCUT2D eigenvalue weighted by Crippen LogP contribution is -2.45. The number of nitrogens with one attached hydrogen (secondary N) is 2. The van der Waals surface area contributed by atoms with Crippen LogP contribution in [0.1, 0.15) is 88.7 Å². The van der Waals surface area contributed by atoms with Gasteiger partial charge >= 0.3 is 5.69 Å². The summed E-state index contributed by atoms with van der Waals surface area (Å²) < 4.78 is 8.67. The fourth-order valence-corrected chi connectivity index (χ4v) is 4.98. The maximum atomic E-state index is 12.3. The summed E-state index contributed by atoms with van der Waals surface area (Å²) in [5.74, 6) is 1.55. The predicted molar refractivity (Wildman–Crippen MR) is 123 cm³/mol. The normalized spacial score (nSPS) is 17.6. The summed E-state index contributed by atoms with van der Waals surface area (Å²) in [7, 11) is 0. The van der Waals surface area contributed by atoms with Gasteiger partial charge in [0.15, 0.2) is 5.82 Å². The van der Waals surface area contributed by atoms with Gasteiger partial charge in [-0.05, 0) is 32.1 Å². The van der Waals surface area contributed by atoms with E-state index >= 15 is 0 Å². The number of aryl methyl sites for hydroxylation is 3. The third-order valence-corrected chi connectivity index (χ3v) is 6.73. The number of carbonyl (C=O) groups excluding carboxylic acids is 2. The molecule has 1 aliphatic heterocycles. The maximum absolute atomic E-state index is 12.3. The van der Waals surface area contributed by atoms with Crippen LogP contribution in [0.2, 0.25) is 0 Å². The molecule has 2 aromatic heterocycles. The van der Waals surface area contributed by atoms with Crippen molar-refractivity contribution in [3.05, 3.63) is 28.0 Å². The summed E-state index contributed by atoms with van der Waals surface area (Å²) in [5.41, 5.74) is -0.643. The van der Waals surface area contributed by atoms with Gasteiger partial charge in [0.2, 0.25) is 17.7 Å². The molecule has 11 heteroatoms. The van der Waals surface area contributed by atoms with E-state index in [-0.39, 0.29) is 23.9 Å². The van der Waals surface area contributed by atoms with Crippen molar-refractivity contribution < 1.29 is 14.1 Å². The molecule has 2 amide bonds. The van der Waals surface area contributed by atoms with Crippen LogP contribution < -0.4 is 16.3 Å². The third-order valence-electron chi connectivity index (χ3n) is 6.73.